The van der Waals surface area contributed by atoms with Gasteiger partial charge in [0.25, 0.3) is 0 Å². The van der Waals surface area contributed by atoms with Gasteiger partial charge in [-0.25, -0.2) is 0 Å². The quantitative estimate of drug-likeness (QED) is 0.590. The van der Waals surface area contributed by atoms with Gasteiger partial charge in [0, 0.05) is 19.4 Å². The van der Waals surface area contributed by atoms with Crippen molar-refractivity contribution in [2.24, 2.45) is 5.73 Å². The van der Waals surface area contributed by atoms with Gasteiger partial charge in [0.2, 0.25) is 0 Å². The van der Waals surface area contributed by atoms with Crippen LogP contribution in [0.2, 0.25) is 0 Å². The Morgan fingerprint density at radius 2 is 1.21 bits per heavy atom. The number of aliphatic hydroxyl groups is 1. The lowest BCUT2D eigenvalue weighted by Gasteiger charge is -2.34. The third-order valence-electron chi connectivity index (χ3n) is 6.39. The van der Waals surface area contributed by atoms with Crippen molar-refractivity contribution in [2.45, 2.75) is 82.4 Å². The molecule has 6 heteroatoms. The maximum absolute atomic E-state index is 11.0. The van der Waals surface area contributed by atoms with E-state index in [1.807, 2.05) is 36.4 Å². The summed E-state index contributed by atoms with van der Waals surface area (Å²) in [6, 6.07) is 20.3. The minimum atomic E-state index is -0.646. The van der Waals surface area contributed by atoms with Gasteiger partial charge in [-0.05, 0) is 49.7 Å². The number of nitrogens with two attached hydrogens (primary N) is 1. The minimum absolute atomic E-state index is 0. The predicted molar refractivity (Wildman–Crippen MR) is 133 cm³/mol. The average Bonchev–Trinajstić information content (AvgIpc) is 2.85. The van der Waals surface area contributed by atoms with E-state index in [4.69, 9.17) is 15.2 Å². The van der Waals surface area contributed by atoms with E-state index in [9.17, 15) is 9.90 Å². The highest BCUT2D eigenvalue weighted by molar-refractivity contribution is 5.85. The summed E-state index contributed by atoms with van der Waals surface area (Å²) in [4.78, 5) is 11.0. The molecule has 0 heterocycles. The molecular weight excluding hydrogens is 438 g/mol. The Labute approximate surface area is 204 Å². The number of hydrogen-bond acceptors (Lipinski definition) is 5. The molecule has 3 N–H and O–H groups in total. The van der Waals surface area contributed by atoms with Crippen LogP contribution in [0.15, 0.2) is 60.7 Å². The number of hydrogen-bond donors (Lipinski definition) is 2. The molecular formula is C27H38ClNO4. The van der Waals surface area contributed by atoms with Gasteiger partial charge in [0.1, 0.15) is 5.78 Å². The van der Waals surface area contributed by atoms with Crippen LogP contribution >= 0.6 is 12.4 Å². The van der Waals surface area contributed by atoms with Crippen molar-refractivity contribution in [3.8, 4) is 0 Å². The van der Waals surface area contributed by atoms with E-state index in [1.165, 1.54) is 11.1 Å². The lowest BCUT2D eigenvalue weighted by atomic mass is 9.83. The minimum Gasteiger partial charge on any atom is -0.389 e. The van der Waals surface area contributed by atoms with Crippen LogP contribution in [0, 0.1) is 0 Å². The molecule has 0 unspecified atom stereocenters. The highest BCUT2D eigenvalue weighted by atomic mass is 35.5. The first-order valence-electron chi connectivity index (χ1n) is 11.8. The Kier molecular flexibility index (Phi) is 12.1. The van der Waals surface area contributed by atoms with Gasteiger partial charge in [0.05, 0.1) is 31.0 Å². The molecule has 2 aromatic rings. The first kappa shape index (κ1) is 27.5. The van der Waals surface area contributed by atoms with Crippen molar-refractivity contribution < 1.29 is 19.4 Å². The summed E-state index contributed by atoms with van der Waals surface area (Å²) >= 11 is 0. The molecule has 0 saturated heterocycles. The van der Waals surface area contributed by atoms with E-state index < -0.39 is 5.60 Å². The number of carbonyl (C=O) groups is 1. The molecule has 0 atom stereocenters. The highest BCUT2D eigenvalue weighted by Crippen LogP contribution is 2.29. The van der Waals surface area contributed by atoms with Crippen LogP contribution < -0.4 is 5.73 Å². The zero-order valence-electron chi connectivity index (χ0n) is 19.4. The molecule has 2 aliphatic carbocycles. The number of ether oxygens (including phenoxy) is 2. The number of Topliss-reactive ketones (excluding diaryl/α,β-unsaturated/α-hetero) is 1. The van der Waals surface area contributed by atoms with Crippen LogP contribution in [-0.4, -0.2) is 35.2 Å². The van der Waals surface area contributed by atoms with Crippen molar-refractivity contribution in [3.63, 3.8) is 0 Å². The van der Waals surface area contributed by atoms with Crippen LogP contribution in [0.1, 0.15) is 62.5 Å². The Hall–Kier alpha value is -1.76. The normalized spacial score (nSPS) is 23.2. The van der Waals surface area contributed by atoms with Crippen molar-refractivity contribution in [1.29, 1.82) is 0 Å². The fourth-order valence-electron chi connectivity index (χ4n) is 4.16. The molecule has 0 aromatic heterocycles. The topological polar surface area (TPSA) is 81.8 Å². The van der Waals surface area contributed by atoms with Gasteiger partial charge in [0.15, 0.2) is 0 Å². The first-order valence-corrected chi connectivity index (χ1v) is 11.8. The Morgan fingerprint density at radius 3 is 1.64 bits per heavy atom. The van der Waals surface area contributed by atoms with E-state index in [-0.39, 0.29) is 24.6 Å². The second-order valence-electron chi connectivity index (χ2n) is 8.96. The van der Waals surface area contributed by atoms with E-state index in [0.29, 0.717) is 38.4 Å². The maximum Gasteiger partial charge on any atom is 0.133 e. The zero-order chi connectivity index (χ0) is 22.7. The summed E-state index contributed by atoms with van der Waals surface area (Å²) in [7, 11) is 0. The summed E-state index contributed by atoms with van der Waals surface area (Å²) in [6.07, 6.45) is 7.04. The molecule has 2 aliphatic rings. The molecule has 4 rings (SSSR count). The molecule has 5 nitrogen and oxygen atoms in total. The number of rotatable bonds is 7. The highest BCUT2D eigenvalue weighted by Gasteiger charge is 2.32. The smallest absolute Gasteiger partial charge is 0.133 e. The van der Waals surface area contributed by atoms with Gasteiger partial charge in [-0.3, -0.25) is 4.79 Å². The van der Waals surface area contributed by atoms with E-state index in [2.05, 4.69) is 24.3 Å². The second kappa shape index (κ2) is 14.5. The fraction of sp³-hybridized carbons (Fsp3) is 0.519. The van der Waals surface area contributed by atoms with Gasteiger partial charge >= 0.3 is 0 Å². The molecule has 0 aliphatic heterocycles. The van der Waals surface area contributed by atoms with E-state index in [0.717, 1.165) is 38.5 Å². The summed E-state index contributed by atoms with van der Waals surface area (Å²) in [5, 5.41) is 10.0. The van der Waals surface area contributed by atoms with Gasteiger partial charge in [-0.2, -0.15) is 0 Å². The van der Waals surface area contributed by atoms with Crippen LogP contribution in [0.3, 0.4) is 0 Å². The number of ketones is 1. The predicted octanol–water partition coefficient (Wildman–Crippen LogP) is 4.97. The maximum atomic E-state index is 11.0. The third kappa shape index (κ3) is 9.95. The van der Waals surface area contributed by atoms with E-state index in [1.54, 1.807) is 0 Å². The molecule has 0 radical (unpaired) electrons. The third-order valence-corrected chi connectivity index (χ3v) is 6.39. The van der Waals surface area contributed by atoms with Crippen molar-refractivity contribution in [1.82, 2.24) is 0 Å². The fourth-order valence-corrected chi connectivity index (χ4v) is 4.16. The number of halogens is 1. The van der Waals surface area contributed by atoms with Crippen molar-refractivity contribution >= 4 is 18.2 Å². The Morgan fingerprint density at radius 1 is 0.788 bits per heavy atom. The van der Waals surface area contributed by atoms with E-state index >= 15 is 0 Å². The molecule has 0 amide bonds. The molecule has 2 fully saturated rings. The monoisotopic (exact) mass is 475 g/mol. The first-order chi connectivity index (χ1) is 15.6. The molecule has 2 aromatic carbocycles. The molecule has 0 bridgehead atoms. The largest absolute Gasteiger partial charge is 0.389 e. The second-order valence-corrected chi connectivity index (χ2v) is 8.96. The Balaban J connectivity index is 0.000000228. The van der Waals surface area contributed by atoms with Crippen molar-refractivity contribution in [3.05, 3.63) is 71.8 Å². The average molecular weight is 476 g/mol. The standard InChI is InChI=1S/C14H21NO2.C13H16O2.ClH/c15-11-14(16)8-6-13(7-9-14)17-10-12-4-2-1-3-5-12;14-12-6-8-13(9-7-12)15-10-11-4-2-1-3-5-11;/h1-5,13,16H,6-11,15H2;1-5,13H,6-10H2;1H. The van der Waals surface area contributed by atoms with Gasteiger partial charge < -0.3 is 20.3 Å². The molecule has 2 saturated carbocycles. The van der Waals surface area contributed by atoms with Crippen LogP contribution in [0.25, 0.3) is 0 Å². The number of benzene rings is 2. The van der Waals surface area contributed by atoms with Crippen LogP contribution in [0.5, 0.6) is 0 Å². The van der Waals surface area contributed by atoms with Crippen LogP contribution in [-0.2, 0) is 27.5 Å². The van der Waals surface area contributed by atoms with Crippen molar-refractivity contribution in [2.75, 3.05) is 6.54 Å². The lowest BCUT2D eigenvalue weighted by molar-refractivity contribution is -0.123. The summed E-state index contributed by atoms with van der Waals surface area (Å²) in [6.45, 7) is 1.69. The summed E-state index contributed by atoms with van der Waals surface area (Å²) in [5.74, 6) is 0.384. The van der Waals surface area contributed by atoms with Gasteiger partial charge in [-0.15, -0.1) is 12.4 Å². The Bertz CT molecular complexity index is 784. The van der Waals surface area contributed by atoms with Gasteiger partial charge in [-0.1, -0.05) is 60.7 Å². The van der Waals surface area contributed by atoms with Crippen LogP contribution in [0.4, 0.5) is 0 Å². The lowest BCUT2D eigenvalue weighted by Crippen LogP contribution is -2.42. The summed E-state index contributed by atoms with van der Waals surface area (Å²) in [5.41, 5.74) is 7.32. The number of carbonyl (C=O) groups excluding carboxylic acids is 1. The summed E-state index contributed by atoms with van der Waals surface area (Å²) < 4.78 is 11.6. The zero-order valence-corrected chi connectivity index (χ0v) is 20.2. The SMILES string of the molecule is Cl.NCC1(O)CCC(OCc2ccccc2)CC1.O=C1CCC(OCc2ccccc2)CC1. The molecule has 33 heavy (non-hydrogen) atoms. The molecule has 182 valence electrons. The molecule has 0 spiro atoms.